The topological polar surface area (TPSA) is 83.7 Å². The number of hydrogen-bond acceptors (Lipinski definition) is 4. The van der Waals surface area contributed by atoms with Crippen LogP contribution in [0.25, 0.3) is 0 Å². The number of benzene rings is 2. The van der Waals surface area contributed by atoms with Gasteiger partial charge in [-0.05, 0) is 75.9 Å². The molecule has 0 spiro atoms. The molecule has 1 aliphatic rings. The maximum absolute atomic E-state index is 12.9. The number of aryl methyl sites for hydroxylation is 4. The molecule has 2 N–H and O–H groups in total. The summed E-state index contributed by atoms with van der Waals surface area (Å²) < 4.78 is 5.96. The molecule has 6 heteroatoms. The Kier molecular flexibility index (Phi) is 5.95. The molecule has 164 valence electrons. The van der Waals surface area contributed by atoms with Crippen molar-refractivity contribution in [3.8, 4) is 0 Å². The number of anilines is 1. The molecule has 0 saturated carbocycles. The van der Waals surface area contributed by atoms with Crippen LogP contribution >= 0.6 is 0 Å². The van der Waals surface area contributed by atoms with Crippen LogP contribution in [-0.4, -0.2) is 17.5 Å². The molecule has 2 aromatic carbocycles. The zero-order chi connectivity index (χ0) is 22.8. The van der Waals surface area contributed by atoms with Crippen LogP contribution in [0.2, 0.25) is 0 Å². The van der Waals surface area contributed by atoms with Crippen LogP contribution in [-0.2, 0) is 6.42 Å². The van der Waals surface area contributed by atoms with Crippen molar-refractivity contribution in [3.63, 3.8) is 0 Å². The lowest BCUT2D eigenvalue weighted by Crippen LogP contribution is -2.22. The maximum Gasteiger partial charge on any atom is 0.291 e. The molecule has 0 atom stereocenters. The van der Waals surface area contributed by atoms with Gasteiger partial charge in [0.2, 0.25) is 0 Å². The van der Waals surface area contributed by atoms with Gasteiger partial charge in [0, 0.05) is 28.8 Å². The van der Waals surface area contributed by atoms with Crippen LogP contribution in [0.5, 0.6) is 0 Å². The number of rotatable bonds is 4. The first-order chi connectivity index (χ1) is 15.3. The molecule has 0 radical (unpaired) electrons. The lowest BCUT2D eigenvalue weighted by molar-refractivity contribution is 0.0953. The van der Waals surface area contributed by atoms with E-state index in [1.165, 1.54) is 0 Å². The van der Waals surface area contributed by atoms with E-state index in [-0.39, 0.29) is 17.6 Å². The summed E-state index contributed by atoms with van der Waals surface area (Å²) >= 11 is 0. The SMILES string of the molecule is Cc1ccc(C(=O)N/N=C2\CCCc3oc(C(=O)Nc4cc(C)cc(C)c4)c(C)c32)cc1. The second-order valence-corrected chi connectivity index (χ2v) is 8.40. The van der Waals surface area contributed by atoms with Gasteiger partial charge in [-0.3, -0.25) is 9.59 Å². The fourth-order valence-corrected chi connectivity index (χ4v) is 4.12. The fourth-order valence-electron chi connectivity index (χ4n) is 4.12. The van der Waals surface area contributed by atoms with Gasteiger partial charge in [0.15, 0.2) is 5.76 Å². The zero-order valence-electron chi connectivity index (χ0n) is 18.8. The van der Waals surface area contributed by atoms with Gasteiger partial charge in [-0.2, -0.15) is 5.10 Å². The molecule has 0 aliphatic heterocycles. The van der Waals surface area contributed by atoms with Crippen molar-refractivity contribution in [1.82, 2.24) is 5.43 Å². The van der Waals surface area contributed by atoms with E-state index in [4.69, 9.17) is 4.42 Å². The van der Waals surface area contributed by atoms with E-state index >= 15 is 0 Å². The molecule has 0 bridgehead atoms. The van der Waals surface area contributed by atoms with Crippen molar-refractivity contribution in [2.45, 2.75) is 47.0 Å². The van der Waals surface area contributed by atoms with Crippen LogP contribution in [0.15, 0.2) is 52.0 Å². The van der Waals surface area contributed by atoms with E-state index in [1.54, 1.807) is 12.1 Å². The van der Waals surface area contributed by atoms with Gasteiger partial charge in [0.25, 0.3) is 11.8 Å². The summed E-state index contributed by atoms with van der Waals surface area (Å²) in [7, 11) is 0. The first-order valence-corrected chi connectivity index (χ1v) is 10.8. The van der Waals surface area contributed by atoms with Crippen molar-refractivity contribution in [1.29, 1.82) is 0 Å². The van der Waals surface area contributed by atoms with E-state index < -0.39 is 0 Å². The Labute approximate surface area is 187 Å². The number of carbonyl (C=O) groups excluding carboxylic acids is 2. The minimum Gasteiger partial charge on any atom is -0.455 e. The Morgan fingerprint density at radius 2 is 1.56 bits per heavy atom. The number of hydrogen-bond donors (Lipinski definition) is 2. The molecule has 1 aromatic heterocycles. The van der Waals surface area contributed by atoms with Gasteiger partial charge in [0.1, 0.15) is 5.76 Å². The number of carbonyl (C=O) groups is 2. The van der Waals surface area contributed by atoms with Crippen LogP contribution in [0.1, 0.15) is 67.3 Å². The number of hydrazone groups is 1. The molecule has 0 fully saturated rings. The van der Waals surface area contributed by atoms with E-state index in [2.05, 4.69) is 21.9 Å². The highest BCUT2D eigenvalue weighted by molar-refractivity contribution is 6.09. The molecule has 4 rings (SSSR count). The van der Waals surface area contributed by atoms with Gasteiger partial charge >= 0.3 is 0 Å². The van der Waals surface area contributed by atoms with Crippen molar-refractivity contribution < 1.29 is 14.0 Å². The lowest BCUT2D eigenvalue weighted by atomic mass is 9.93. The van der Waals surface area contributed by atoms with Gasteiger partial charge in [-0.15, -0.1) is 0 Å². The van der Waals surface area contributed by atoms with Crippen LogP contribution in [0.3, 0.4) is 0 Å². The first-order valence-electron chi connectivity index (χ1n) is 10.8. The minimum atomic E-state index is -0.287. The van der Waals surface area contributed by atoms with Crippen molar-refractivity contribution in [3.05, 3.63) is 87.4 Å². The standard InChI is InChI=1S/C26H27N3O3/c1-15-8-10-19(11-9-15)25(30)29-28-21-6-5-7-22-23(21)18(4)24(32-22)26(31)27-20-13-16(2)12-17(3)14-20/h8-14H,5-7H2,1-4H3,(H,27,31)(H,29,30)/b28-21+. The third kappa shape index (κ3) is 4.49. The smallest absolute Gasteiger partial charge is 0.291 e. The number of fused-ring (bicyclic) bond motifs is 1. The molecule has 0 saturated heterocycles. The average Bonchev–Trinajstić information content (AvgIpc) is 3.09. The Balaban J connectivity index is 1.57. The van der Waals surface area contributed by atoms with Crippen LogP contribution in [0, 0.1) is 27.7 Å². The van der Waals surface area contributed by atoms with Crippen molar-refractivity contribution >= 4 is 23.2 Å². The second kappa shape index (κ2) is 8.83. The number of nitrogens with zero attached hydrogens (tertiary/aromatic N) is 1. The van der Waals surface area contributed by atoms with Crippen molar-refractivity contribution in [2.75, 3.05) is 5.32 Å². The van der Waals surface area contributed by atoms with E-state index in [9.17, 15) is 9.59 Å². The molecule has 1 aliphatic carbocycles. The minimum absolute atomic E-state index is 0.265. The Hall–Kier alpha value is -3.67. The lowest BCUT2D eigenvalue weighted by Gasteiger charge is -2.13. The molecular weight excluding hydrogens is 402 g/mol. The molecule has 32 heavy (non-hydrogen) atoms. The van der Waals surface area contributed by atoms with Gasteiger partial charge in [-0.25, -0.2) is 5.43 Å². The Morgan fingerprint density at radius 3 is 2.25 bits per heavy atom. The summed E-state index contributed by atoms with van der Waals surface area (Å²) in [6, 6.07) is 13.2. The van der Waals surface area contributed by atoms with E-state index in [1.807, 2.05) is 52.0 Å². The molecule has 6 nitrogen and oxygen atoms in total. The van der Waals surface area contributed by atoms with Crippen LogP contribution < -0.4 is 10.7 Å². The summed E-state index contributed by atoms with van der Waals surface area (Å²) in [5.74, 6) is 0.472. The molecule has 0 unspecified atom stereocenters. The monoisotopic (exact) mass is 429 g/mol. The molecule has 1 heterocycles. The quantitative estimate of drug-likeness (QED) is 0.557. The average molecular weight is 430 g/mol. The third-order valence-corrected chi connectivity index (χ3v) is 5.62. The van der Waals surface area contributed by atoms with Gasteiger partial charge < -0.3 is 9.73 Å². The van der Waals surface area contributed by atoms with Crippen molar-refractivity contribution in [2.24, 2.45) is 5.10 Å². The summed E-state index contributed by atoms with van der Waals surface area (Å²) in [5.41, 5.74) is 9.49. The normalized spacial score (nSPS) is 14.2. The van der Waals surface area contributed by atoms with Crippen LogP contribution in [0.4, 0.5) is 5.69 Å². The first kappa shape index (κ1) is 21.6. The highest BCUT2D eigenvalue weighted by atomic mass is 16.4. The number of amides is 2. The van der Waals surface area contributed by atoms with E-state index in [0.717, 1.165) is 57.8 Å². The van der Waals surface area contributed by atoms with Gasteiger partial charge in [0.05, 0.1) is 5.71 Å². The molecular formula is C26H27N3O3. The summed E-state index contributed by atoms with van der Waals surface area (Å²) in [6.07, 6.45) is 2.29. The second-order valence-electron chi connectivity index (χ2n) is 8.40. The Morgan fingerprint density at radius 1 is 0.875 bits per heavy atom. The summed E-state index contributed by atoms with van der Waals surface area (Å²) in [4.78, 5) is 25.4. The van der Waals surface area contributed by atoms with Gasteiger partial charge in [-0.1, -0.05) is 23.8 Å². The fraction of sp³-hybridized carbons (Fsp3) is 0.269. The molecule has 2 amide bonds. The third-order valence-electron chi connectivity index (χ3n) is 5.62. The van der Waals surface area contributed by atoms with E-state index in [0.29, 0.717) is 12.0 Å². The highest BCUT2D eigenvalue weighted by Crippen LogP contribution is 2.30. The summed E-state index contributed by atoms with van der Waals surface area (Å²) in [6.45, 7) is 7.82. The predicted molar refractivity (Wildman–Crippen MR) is 125 cm³/mol. The molecule has 3 aromatic rings. The number of furan rings is 1. The Bertz CT molecular complexity index is 1200. The predicted octanol–water partition coefficient (Wildman–Crippen LogP) is 5.24. The number of nitrogens with one attached hydrogen (secondary N) is 2. The largest absolute Gasteiger partial charge is 0.455 e. The zero-order valence-corrected chi connectivity index (χ0v) is 18.8. The summed E-state index contributed by atoms with van der Waals surface area (Å²) in [5, 5.41) is 7.33. The highest BCUT2D eigenvalue weighted by Gasteiger charge is 2.28. The maximum atomic E-state index is 12.9.